The molecule has 0 aliphatic carbocycles. The lowest BCUT2D eigenvalue weighted by molar-refractivity contribution is -0.122. The van der Waals surface area contributed by atoms with Crippen molar-refractivity contribution in [2.45, 2.75) is 65.5 Å². The minimum atomic E-state index is 0.184. The summed E-state index contributed by atoms with van der Waals surface area (Å²) in [6.45, 7) is 12.3. The van der Waals surface area contributed by atoms with Crippen LogP contribution in [0.15, 0.2) is 0 Å². The number of nitrogens with zero attached hydrogens (tertiary/aromatic N) is 1. The van der Waals surface area contributed by atoms with Crippen LogP contribution in [-0.4, -0.2) is 49.1 Å². The van der Waals surface area contributed by atoms with Crippen molar-refractivity contribution < 1.29 is 4.79 Å². The Morgan fingerprint density at radius 2 is 1.85 bits per heavy atom. The van der Waals surface area contributed by atoms with E-state index in [2.05, 4.69) is 43.2 Å². The number of rotatable bonds is 8. The van der Waals surface area contributed by atoms with Crippen LogP contribution in [0.3, 0.4) is 0 Å². The molecule has 1 saturated heterocycles. The van der Waals surface area contributed by atoms with Gasteiger partial charge in [0.05, 0.1) is 6.54 Å². The van der Waals surface area contributed by atoms with Crippen molar-refractivity contribution in [1.29, 1.82) is 0 Å². The Bertz CT molecular complexity index is 271. The molecule has 0 saturated carbocycles. The lowest BCUT2D eigenvalue weighted by atomic mass is 10.0. The van der Waals surface area contributed by atoms with Gasteiger partial charge in [-0.25, -0.2) is 0 Å². The summed E-state index contributed by atoms with van der Waals surface area (Å²) in [6, 6.07) is 1.18. The third kappa shape index (κ3) is 7.85. The van der Waals surface area contributed by atoms with Crippen LogP contribution < -0.4 is 10.6 Å². The molecule has 0 spiro atoms. The maximum absolute atomic E-state index is 11.8. The molecular weight excluding hydrogens is 250 g/mol. The van der Waals surface area contributed by atoms with Crippen molar-refractivity contribution in [3.05, 3.63) is 0 Å². The van der Waals surface area contributed by atoms with Gasteiger partial charge in [0, 0.05) is 31.7 Å². The molecule has 0 unspecified atom stereocenters. The molecule has 0 atom stereocenters. The fraction of sp³-hybridized carbons (Fsp3) is 0.938. The molecule has 1 heterocycles. The predicted octanol–water partition coefficient (Wildman–Crippen LogP) is 2.00. The highest BCUT2D eigenvalue weighted by molar-refractivity contribution is 5.77. The number of carbonyl (C=O) groups is 1. The van der Waals surface area contributed by atoms with Crippen molar-refractivity contribution in [2.24, 2.45) is 5.92 Å². The van der Waals surface area contributed by atoms with Crippen LogP contribution in [0.5, 0.6) is 0 Å². The fourth-order valence-corrected chi connectivity index (χ4v) is 2.73. The Kier molecular flexibility index (Phi) is 8.15. The van der Waals surface area contributed by atoms with E-state index in [1.807, 2.05) is 0 Å². The van der Waals surface area contributed by atoms with Gasteiger partial charge in [-0.2, -0.15) is 0 Å². The molecule has 1 aliphatic rings. The van der Waals surface area contributed by atoms with Gasteiger partial charge in [0.2, 0.25) is 5.91 Å². The third-order valence-electron chi connectivity index (χ3n) is 3.80. The number of nitrogens with one attached hydrogen (secondary N) is 2. The highest BCUT2D eigenvalue weighted by Crippen LogP contribution is 2.10. The van der Waals surface area contributed by atoms with Crippen molar-refractivity contribution in [3.63, 3.8) is 0 Å². The molecule has 118 valence electrons. The number of hydrogen-bond acceptors (Lipinski definition) is 3. The highest BCUT2D eigenvalue weighted by atomic mass is 16.2. The second-order valence-corrected chi connectivity index (χ2v) is 6.76. The summed E-state index contributed by atoms with van der Waals surface area (Å²) in [5.74, 6) is 0.906. The molecule has 0 aromatic carbocycles. The van der Waals surface area contributed by atoms with Gasteiger partial charge in [-0.05, 0) is 31.6 Å². The van der Waals surface area contributed by atoms with E-state index in [1.54, 1.807) is 0 Å². The Morgan fingerprint density at radius 3 is 2.40 bits per heavy atom. The van der Waals surface area contributed by atoms with Gasteiger partial charge >= 0.3 is 0 Å². The topological polar surface area (TPSA) is 44.4 Å². The first-order chi connectivity index (χ1) is 9.47. The van der Waals surface area contributed by atoms with Gasteiger partial charge in [-0.1, -0.05) is 27.7 Å². The molecule has 1 rings (SSSR count). The molecular formula is C16H33N3O. The second kappa shape index (κ2) is 9.35. The highest BCUT2D eigenvalue weighted by Gasteiger charge is 2.20. The van der Waals surface area contributed by atoms with Crippen molar-refractivity contribution in [1.82, 2.24) is 15.5 Å². The van der Waals surface area contributed by atoms with Gasteiger partial charge < -0.3 is 10.6 Å². The number of carbonyl (C=O) groups excluding carboxylic acids is 1. The van der Waals surface area contributed by atoms with Gasteiger partial charge in [-0.3, -0.25) is 9.69 Å². The van der Waals surface area contributed by atoms with E-state index >= 15 is 0 Å². The summed E-state index contributed by atoms with van der Waals surface area (Å²) >= 11 is 0. The zero-order valence-electron chi connectivity index (χ0n) is 13.7. The molecule has 2 N–H and O–H groups in total. The van der Waals surface area contributed by atoms with Crippen molar-refractivity contribution >= 4 is 5.91 Å². The second-order valence-electron chi connectivity index (χ2n) is 6.76. The molecule has 1 amide bonds. The molecule has 20 heavy (non-hydrogen) atoms. The van der Waals surface area contributed by atoms with Crippen LogP contribution >= 0.6 is 0 Å². The van der Waals surface area contributed by atoms with Crippen LogP contribution in [0.2, 0.25) is 0 Å². The summed E-state index contributed by atoms with van der Waals surface area (Å²) in [7, 11) is 0. The number of piperidine rings is 1. The van der Waals surface area contributed by atoms with Crippen LogP contribution in [-0.2, 0) is 4.79 Å². The molecule has 4 heteroatoms. The van der Waals surface area contributed by atoms with E-state index in [1.165, 1.54) is 6.42 Å². The van der Waals surface area contributed by atoms with E-state index in [9.17, 15) is 4.79 Å². The van der Waals surface area contributed by atoms with Crippen molar-refractivity contribution in [2.75, 3.05) is 26.2 Å². The minimum Gasteiger partial charge on any atom is -0.355 e. The van der Waals surface area contributed by atoms with Gasteiger partial charge in [0.1, 0.15) is 0 Å². The van der Waals surface area contributed by atoms with Gasteiger partial charge in [0.15, 0.2) is 0 Å². The zero-order valence-corrected chi connectivity index (χ0v) is 13.7. The maximum atomic E-state index is 11.8. The Balaban J connectivity index is 2.09. The Hall–Kier alpha value is -0.610. The van der Waals surface area contributed by atoms with E-state index in [4.69, 9.17) is 0 Å². The molecule has 0 bridgehead atoms. The van der Waals surface area contributed by atoms with Crippen LogP contribution in [0.1, 0.15) is 53.4 Å². The van der Waals surface area contributed by atoms with E-state index in [0.29, 0.717) is 18.6 Å². The minimum absolute atomic E-state index is 0.184. The summed E-state index contributed by atoms with van der Waals surface area (Å²) < 4.78 is 0. The van der Waals surface area contributed by atoms with E-state index in [0.717, 1.165) is 44.8 Å². The monoisotopic (exact) mass is 283 g/mol. The normalized spacial score (nSPS) is 17.9. The lowest BCUT2D eigenvalue weighted by Gasteiger charge is -2.32. The first-order valence-electron chi connectivity index (χ1n) is 8.22. The molecule has 0 radical (unpaired) electrons. The largest absolute Gasteiger partial charge is 0.355 e. The average Bonchev–Trinajstić information content (AvgIpc) is 2.36. The SMILES string of the molecule is CC(C)CCCNC(=O)CN1CCC(NC(C)C)CC1. The van der Waals surface area contributed by atoms with Crippen LogP contribution in [0.4, 0.5) is 0 Å². The molecule has 0 aromatic heterocycles. The quantitative estimate of drug-likeness (QED) is 0.670. The summed E-state index contributed by atoms with van der Waals surface area (Å²) in [5.41, 5.74) is 0. The first-order valence-corrected chi connectivity index (χ1v) is 8.22. The summed E-state index contributed by atoms with van der Waals surface area (Å²) in [5, 5.41) is 6.61. The van der Waals surface area contributed by atoms with Crippen molar-refractivity contribution in [3.8, 4) is 0 Å². The van der Waals surface area contributed by atoms with E-state index < -0.39 is 0 Å². The van der Waals surface area contributed by atoms with Gasteiger partial charge in [0.25, 0.3) is 0 Å². The molecule has 1 fully saturated rings. The van der Waals surface area contributed by atoms with E-state index in [-0.39, 0.29) is 5.91 Å². The van der Waals surface area contributed by atoms with Crippen LogP contribution in [0.25, 0.3) is 0 Å². The fourth-order valence-electron chi connectivity index (χ4n) is 2.73. The maximum Gasteiger partial charge on any atom is 0.234 e. The number of hydrogen-bond donors (Lipinski definition) is 2. The number of amides is 1. The van der Waals surface area contributed by atoms with Crippen LogP contribution in [0, 0.1) is 5.92 Å². The predicted molar refractivity (Wildman–Crippen MR) is 84.8 cm³/mol. The average molecular weight is 283 g/mol. The first kappa shape index (κ1) is 17.4. The number of likely N-dealkylation sites (tertiary alicyclic amines) is 1. The summed E-state index contributed by atoms with van der Waals surface area (Å²) in [6.07, 6.45) is 4.58. The third-order valence-corrected chi connectivity index (χ3v) is 3.80. The summed E-state index contributed by atoms with van der Waals surface area (Å²) in [4.78, 5) is 14.1. The Morgan fingerprint density at radius 1 is 1.20 bits per heavy atom. The molecule has 1 aliphatic heterocycles. The lowest BCUT2D eigenvalue weighted by Crippen LogP contribution is -2.47. The van der Waals surface area contributed by atoms with Gasteiger partial charge in [-0.15, -0.1) is 0 Å². The zero-order chi connectivity index (χ0) is 15.0. The standard InChI is InChI=1S/C16H33N3O/c1-13(2)6-5-9-17-16(20)12-19-10-7-15(8-11-19)18-14(3)4/h13-15,18H,5-12H2,1-4H3,(H,17,20). The smallest absolute Gasteiger partial charge is 0.234 e. The Labute approximate surface area is 124 Å². The molecule has 0 aromatic rings. The molecule has 4 nitrogen and oxygen atoms in total.